The Kier molecular flexibility index (Phi) is 7.72. The summed E-state index contributed by atoms with van der Waals surface area (Å²) in [5.41, 5.74) is 3.11. The van der Waals surface area contributed by atoms with Crippen molar-refractivity contribution in [1.29, 1.82) is 0 Å². The highest BCUT2D eigenvalue weighted by Gasteiger charge is 2.32. The molecule has 168 valence electrons. The summed E-state index contributed by atoms with van der Waals surface area (Å²) >= 11 is 6.66. The number of aliphatic hydroxyl groups is 1. The molecular weight excluding hydrogens is 416 g/mol. The van der Waals surface area contributed by atoms with Crippen LogP contribution in [-0.4, -0.2) is 43.7 Å². The average molecular weight is 447 g/mol. The Morgan fingerprint density at radius 1 is 1.10 bits per heavy atom. The van der Waals surface area contributed by atoms with Gasteiger partial charge in [0, 0.05) is 30.0 Å². The lowest BCUT2D eigenvalue weighted by Gasteiger charge is -2.34. The van der Waals surface area contributed by atoms with Crippen LogP contribution in [-0.2, 0) is 15.9 Å². The van der Waals surface area contributed by atoms with Crippen LogP contribution in [0.5, 0.6) is 11.5 Å². The van der Waals surface area contributed by atoms with Gasteiger partial charge in [-0.3, -0.25) is 0 Å². The minimum Gasteiger partial charge on any atom is -0.494 e. The van der Waals surface area contributed by atoms with Crippen molar-refractivity contribution in [1.82, 2.24) is 0 Å². The van der Waals surface area contributed by atoms with E-state index in [9.17, 15) is 5.11 Å². The van der Waals surface area contributed by atoms with Crippen molar-refractivity contribution in [3.05, 3.63) is 58.1 Å². The molecule has 3 atom stereocenters. The smallest absolute Gasteiger partial charge is 0.126 e. The van der Waals surface area contributed by atoms with Crippen molar-refractivity contribution in [3.8, 4) is 11.5 Å². The van der Waals surface area contributed by atoms with Crippen LogP contribution in [0.25, 0.3) is 0 Å². The number of rotatable bonds is 4. The zero-order chi connectivity index (χ0) is 21.6. The highest BCUT2D eigenvalue weighted by atomic mass is 35.5. The molecule has 2 aliphatic rings. The van der Waals surface area contributed by atoms with E-state index in [0.717, 1.165) is 41.0 Å². The lowest BCUT2D eigenvalue weighted by Crippen LogP contribution is -2.34. The van der Waals surface area contributed by atoms with E-state index in [1.165, 1.54) is 0 Å². The van der Waals surface area contributed by atoms with Gasteiger partial charge in [-0.1, -0.05) is 23.7 Å². The number of hydrogen-bond donors (Lipinski definition) is 1. The van der Waals surface area contributed by atoms with Crippen LogP contribution < -0.4 is 9.47 Å². The van der Waals surface area contributed by atoms with E-state index in [-0.39, 0.29) is 12.2 Å². The molecule has 2 aromatic rings. The third kappa shape index (κ3) is 5.92. The van der Waals surface area contributed by atoms with Crippen LogP contribution in [0, 0.1) is 0 Å². The van der Waals surface area contributed by atoms with E-state index in [1.54, 1.807) is 0 Å². The van der Waals surface area contributed by atoms with Crippen molar-refractivity contribution in [2.24, 2.45) is 0 Å². The van der Waals surface area contributed by atoms with Gasteiger partial charge in [0.2, 0.25) is 0 Å². The first-order valence-electron chi connectivity index (χ1n) is 11.2. The zero-order valence-corrected chi connectivity index (χ0v) is 18.8. The molecule has 1 fully saturated rings. The van der Waals surface area contributed by atoms with Crippen LogP contribution in [0.4, 0.5) is 0 Å². The summed E-state index contributed by atoms with van der Waals surface area (Å²) in [5.74, 6) is 1.61. The fourth-order valence-corrected chi connectivity index (χ4v) is 4.44. The van der Waals surface area contributed by atoms with Gasteiger partial charge in [0.05, 0.1) is 38.1 Å². The normalized spacial score (nSPS) is 24.3. The maximum absolute atomic E-state index is 10.5. The Balaban J connectivity index is 1.62. The number of ether oxygens (including phenoxy) is 4. The summed E-state index contributed by atoms with van der Waals surface area (Å²) in [6.07, 6.45) is 2.89. The van der Waals surface area contributed by atoms with E-state index < -0.39 is 6.10 Å². The Hall–Kier alpha value is -1.79. The summed E-state index contributed by atoms with van der Waals surface area (Å²) in [6.45, 7) is 4.41. The van der Waals surface area contributed by atoms with Crippen molar-refractivity contribution < 1.29 is 24.1 Å². The maximum Gasteiger partial charge on any atom is 0.126 e. The van der Waals surface area contributed by atoms with Crippen molar-refractivity contribution in [3.63, 3.8) is 0 Å². The third-order valence-corrected chi connectivity index (χ3v) is 6.13. The molecule has 0 saturated carbocycles. The Morgan fingerprint density at radius 3 is 2.71 bits per heavy atom. The van der Waals surface area contributed by atoms with Crippen molar-refractivity contribution in [2.75, 3.05) is 26.4 Å². The van der Waals surface area contributed by atoms with Crippen LogP contribution in [0.1, 0.15) is 55.4 Å². The molecule has 2 heterocycles. The molecular formula is C25H31ClO5. The molecule has 5 nitrogen and oxygen atoms in total. The Labute approximate surface area is 189 Å². The number of halogens is 1. The minimum absolute atomic E-state index is 0.119. The molecule has 2 aromatic carbocycles. The molecule has 0 radical (unpaired) electrons. The van der Waals surface area contributed by atoms with Gasteiger partial charge in [-0.25, -0.2) is 0 Å². The van der Waals surface area contributed by atoms with Crippen LogP contribution in [0.2, 0.25) is 5.02 Å². The first-order chi connectivity index (χ1) is 15.1. The van der Waals surface area contributed by atoms with E-state index >= 15 is 0 Å². The summed E-state index contributed by atoms with van der Waals surface area (Å²) in [4.78, 5) is 0. The van der Waals surface area contributed by atoms with Crippen LogP contribution >= 0.6 is 11.6 Å². The van der Waals surface area contributed by atoms with E-state index in [0.29, 0.717) is 50.7 Å². The predicted octanol–water partition coefficient (Wildman–Crippen LogP) is 5.10. The van der Waals surface area contributed by atoms with Gasteiger partial charge < -0.3 is 24.1 Å². The lowest BCUT2D eigenvalue weighted by atomic mass is 9.93. The number of fused-ring (bicyclic) bond motifs is 4. The highest BCUT2D eigenvalue weighted by Crippen LogP contribution is 2.40. The fourth-order valence-electron chi connectivity index (χ4n) is 4.22. The second kappa shape index (κ2) is 10.7. The van der Waals surface area contributed by atoms with Crippen LogP contribution in [0.15, 0.2) is 36.4 Å². The summed E-state index contributed by atoms with van der Waals surface area (Å²) in [7, 11) is 0. The van der Waals surface area contributed by atoms with Gasteiger partial charge in [0.25, 0.3) is 0 Å². The first kappa shape index (κ1) is 22.4. The molecule has 6 heteroatoms. The van der Waals surface area contributed by atoms with E-state index in [2.05, 4.69) is 18.2 Å². The van der Waals surface area contributed by atoms with E-state index in [4.69, 9.17) is 30.5 Å². The van der Waals surface area contributed by atoms with E-state index in [1.807, 2.05) is 25.1 Å². The molecule has 4 rings (SSSR count). The molecule has 31 heavy (non-hydrogen) atoms. The first-order valence-corrected chi connectivity index (χ1v) is 11.6. The molecule has 0 aliphatic carbocycles. The van der Waals surface area contributed by atoms with Gasteiger partial charge in [0.15, 0.2) is 0 Å². The Bertz CT molecular complexity index is 854. The fraction of sp³-hybridized carbons (Fsp3) is 0.520. The quantitative estimate of drug-likeness (QED) is 0.708. The number of benzene rings is 2. The van der Waals surface area contributed by atoms with Gasteiger partial charge in [-0.15, -0.1) is 0 Å². The molecule has 0 amide bonds. The summed E-state index contributed by atoms with van der Waals surface area (Å²) in [6, 6.07) is 12.1. The molecule has 1 N–H and O–H groups in total. The average Bonchev–Trinajstić information content (AvgIpc) is 2.75. The van der Waals surface area contributed by atoms with Gasteiger partial charge in [0.1, 0.15) is 11.5 Å². The molecule has 1 saturated heterocycles. The second-order valence-corrected chi connectivity index (χ2v) is 8.64. The van der Waals surface area contributed by atoms with Gasteiger partial charge in [-0.05, 0) is 61.6 Å². The highest BCUT2D eigenvalue weighted by molar-refractivity contribution is 6.31. The predicted molar refractivity (Wildman–Crippen MR) is 120 cm³/mol. The zero-order valence-electron chi connectivity index (χ0n) is 18.0. The van der Waals surface area contributed by atoms with Crippen LogP contribution in [0.3, 0.4) is 0 Å². The molecule has 2 bridgehead atoms. The standard InChI is InChI=1S/C25H31ClO5/c1-2-29-20-7-5-17(6-8-20)11-18-12-22-24(15-23(18)26)30-10-4-3-9-28-16-21-13-19(27)14-25(22)31-21/h5-8,12,15,19,21,25,27H,2-4,9-11,13-14,16H2,1H3. The second-order valence-electron chi connectivity index (χ2n) is 8.24. The number of aliphatic hydroxyl groups excluding tert-OH is 1. The SMILES string of the molecule is CCOc1ccc(Cc2cc3c(cc2Cl)OCCCCOCC2CC(O)CC3O2)cc1. The van der Waals surface area contributed by atoms with Crippen molar-refractivity contribution in [2.45, 2.75) is 57.3 Å². The van der Waals surface area contributed by atoms with Crippen molar-refractivity contribution >= 4 is 11.6 Å². The molecule has 0 spiro atoms. The number of hydrogen-bond acceptors (Lipinski definition) is 5. The topological polar surface area (TPSA) is 57.2 Å². The van der Waals surface area contributed by atoms with Gasteiger partial charge in [-0.2, -0.15) is 0 Å². The molecule has 3 unspecified atom stereocenters. The molecule has 2 aliphatic heterocycles. The molecule has 0 aromatic heterocycles. The summed E-state index contributed by atoms with van der Waals surface area (Å²) in [5, 5.41) is 11.1. The largest absolute Gasteiger partial charge is 0.494 e. The lowest BCUT2D eigenvalue weighted by molar-refractivity contribution is -0.124. The monoisotopic (exact) mass is 446 g/mol. The minimum atomic E-state index is -0.423. The third-order valence-electron chi connectivity index (χ3n) is 5.78. The van der Waals surface area contributed by atoms with Gasteiger partial charge >= 0.3 is 0 Å². The maximum atomic E-state index is 10.5. The Morgan fingerprint density at radius 2 is 1.90 bits per heavy atom. The summed E-state index contributed by atoms with van der Waals surface area (Å²) < 4.78 is 23.7.